The molecule has 132 valence electrons. The predicted molar refractivity (Wildman–Crippen MR) is 100 cm³/mol. The number of nitrogens with zero attached hydrogens (tertiary/aromatic N) is 5. The van der Waals surface area contributed by atoms with Gasteiger partial charge in [-0.3, -0.25) is 0 Å². The maximum Gasteiger partial charge on any atom is 0.218 e. The van der Waals surface area contributed by atoms with Gasteiger partial charge in [-0.25, -0.2) is 14.5 Å². The summed E-state index contributed by atoms with van der Waals surface area (Å²) >= 11 is 0. The standard InChI is InChI=1S/C19H20N6O/c1-12-14(10-13-4-6-15(26-3)7-5-13)11-25-16(12)17(20)22-18(23-25)19-21-8-9-24(19)2/h4-9,11H,10H2,1-3H3,(H2,20,22,23). The number of benzene rings is 1. The summed E-state index contributed by atoms with van der Waals surface area (Å²) in [6, 6.07) is 8.06. The van der Waals surface area contributed by atoms with Crippen LogP contribution in [0.25, 0.3) is 17.2 Å². The van der Waals surface area contributed by atoms with Gasteiger partial charge in [0.2, 0.25) is 5.82 Å². The SMILES string of the molecule is COc1ccc(Cc2cn3nc(-c4nccn4C)nc(N)c3c2C)cc1. The molecule has 0 aliphatic carbocycles. The third kappa shape index (κ3) is 2.67. The third-order valence-corrected chi connectivity index (χ3v) is 4.59. The van der Waals surface area contributed by atoms with Crippen LogP contribution in [0.5, 0.6) is 5.75 Å². The number of aromatic nitrogens is 5. The molecule has 2 N–H and O–H groups in total. The first-order chi connectivity index (χ1) is 12.6. The van der Waals surface area contributed by atoms with Crippen LogP contribution in [-0.2, 0) is 13.5 Å². The quantitative estimate of drug-likeness (QED) is 0.613. The fourth-order valence-corrected chi connectivity index (χ4v) is 3.13. The Bertz CT molecular complexity index is 1080. The average Bonchev–Trinajstić information content (AvgIpc) is 3.19. The predicted octanol–water partition coefficient (Wildman–Crippen LogP) is 2.62. The van der Waals surface area contributed by atoms with Crippen molar-refractivity contribution in [2.75, 3.05) is 12.8 Å². The second-order valence-corrected chi connectivity index (χ2v) is 6.28. The van der Waals surface area contributed by atoms with Gasteiger partial charge in [0.15, 0.2) is 11.6 Å². The molecule has 0 unspecified atom stereocenters. The molecule has 0 atom stereocenters. The fourth-order valence-electron chi connectivity index (χ4n) is 3.13. The molecule has 1 aromatic carbocycles. The van der Waals surface area contributed by atoms with Gasteiger partial charge < -0.3 is 15.0 Å². The van der Waals surface area contributed by atoms with E-state index < -0.39 is 0 Å². The van der Waals surface area contributed by atoms with E-state index in [0.717, 1.165) is 28.8 Å². The molecule has 4 rings (SSSR count). The Morgan fingerprint density at radius 3 is 2.62 bits per heavy atom. The van der Waals surface area contributed by atoms with Crippen LogP contribution in [0.15, 0.2) is 42.9 Å². The summed E-state index contributed by atoms with van der Waals surface area (Å²) in [4.78, 5) is 8.76. The number of anilines is 1. The topological polar surface area (TPSA) is 83.3 Å². The molecule has 4 aromatic rings. The molecule has 0 radical (unpaired) electrons. The second kappa shape index (κ2) is 6.18. The van der Waals surface area contributed by atoms with Crippen molar-refractivity contribution in [1.29, 1.82) is 0 Å². The smallest absolute Gasteiger partial charge is 0.218 e. The van der Waals surface area contributed by atoms with Crippen molar-refractivity contribution in [1.82, 2.24) is 24.1 Å². The summed E-state index contributed by atoms with van der Waals surface area (Å²) < 4.78 is 8.89. The Labute approximate surface area is 151 Å². The van der Waals surface area contributed by atoms with E-state index >= 15 is 0 Å². The highest BCUT2D eigenvalue weighted by molar-refractivity contribution is 5.73. The molecule has 0 aliphatic rings. The van der Waals surface area contributed by atoms with Crippen molar-refractivity contribution in [2.24, 2.45) is 7.05 Å². The molecule has 7 heteroatoms. The van der Waals surface area contributed by atoms with Gasteiger partial charge in [0.1, 0.15) is 11.3 Å². The lowest BCUT2D eigenvalue weighted by Crippen LogP contribution is -2.05. The number of nitrogen functional groups attached to an aromatic ring is 1. The summed E-state index contributed by atoms with van der Waals surface area (Å²) in [6.45, 7) is 2.05. The summed E-state index contributed by atoms with van der Waals surface area (Å²) in [5.41, 5.74) is 10.5. The maximum absolute atomic E-state index is 6.23. The minimum atomic E-state index is 0.455. The number of imidazole rings is 1. The zero-order chi connectivity index (χ0) is 18.3. The highest BCUT2D eigenvalue weighted by atomic mass is 16.5. The van der Waals surface area contributed by atoms with Crippen molar-refractivity contribution < 1.29 is 4.74 Å². The lowest BCUT2D eigenvalue weighted by atomic mass is 10.0. The zero-order valence-corrected chi connectivity index (χ0v) is 15.0. The van der Waals surface area contributed by atoms with Crippen LogP contribution in [0.1, 0.15) is 16.7 Å². The van der Waals surface area contributed by atoms with Crippen molar-refractivity contribution in [3.05, 3.63) is 59.5 Å². The first-order valence-corrected chi connectivity index (χ1v) is 8.31. The molecule has 0 spiro atoms. The molecule has 7 nitrogen and oxygen atoms in total. The summed E-state index contributed by atoms with van der Waals surface area (Å²) in [5.74, 6) is 2.49. The van der Waals surface area contributed by atoms with Crippen molar-refractivity contribution in [2.45, 2.75) is 13.3 Å². The van der Waals surface area contributed by atoms with Crippen LogP contribution in [0.3, 0.4) is 0 Å². The van der Waals surface area contributed by atoms with E-state index in [9.17, 15) is 0 Å². The van der Waals surface area contributed by atoms with Crippen molar-refractivity contribution in [3.63, 3.8) is 0 Å². The number of fused-ring (bicyclic) bond motifs is 1. The van der Waals surface area contributed by atoms with Crippen LogP contribution in [0, 0.1) is 6.92 Å². The van der Waals surface area contributed by atoms with E-state index in [4.69, 9.17) is 10.5 Å². The molecule has 0 aliphatic heterocycles. The monoisotopic (exact) mass is 348 g/mol. The van der Waals surface area contributed by atoms with E-state index in [-0.39, 0.29) is 0 Å². The molecule has 0 saturated carbocycles. The van der Waals surface area contributed by atoms with E-state index in [2.05, 4.69) is 27.2 Å². The highest BCUT2D eigenvalue weighted by Gasteiger charge is 2.16. The minimum Gasteiger partial charge on any atom is -0.497 e. The van der Waals surface area contributed by atoms with E-state index in [1.165, 1.54) is 5.56 Å². The lowest BCUT2D eigenvalue weighted by molar-refractivity contribution is 0.414. The largest absolute Gasteiger partial charge is 0.497 e. The first kappa shape index (κ1) is 16.1. The van der Waals surface area contributed by atoms with Gasteiger partial charge in [-0.1, -0.05) is 12.1 Å². The normalized spacial score (nSPS) is 11.2. The second-order valence-electron chi connectivity index (χ2n) is 6.28. The summed E-state index contributed by atoms with van der Waals surface area (Å²) in [5, 5.41) is 4.61. The van der Waals surface area contributed by atoms with E-state index in [0.29, 0.717) is 17.5 Å². The Kier molecular flexibility index (Phi) is 3.84. The summed E-state index contributed by atoms with van der Waals surface area (Å²) in [7, 11) is 3.57. The zero-order valence-electron chi connectivity index (χ0n) is 15.0. The number of hydrogen-bond donors (Lipinski definition) is 1. The van der Waals surface area contributed by atoms with Gasteiger partial charge in [-0.2, -0.15) is 0 Å². The first-order valence-electron chi connectivity index (χ1n) is 8.31. The van der Waals surface area contributed by atoms with Crippen LogP contribution < -0.4 is 10.5 Å². The lowest BCUT2D eigenvalue weighted by Gasteiger charge is -2.04. The molecule has 0 amide bonds. The van der Waals surface area contributed by atoms with Gasteiger partial charge in [0.25, 0.3) is 0 Å². The number of rotatable bonds is 4. The van der Waals surface area contributed by atoms with Gasteiger partial charge >= 0.3 is 0 Å². The van der Waals surface area contributed by atoms with E-state index in [1.54, 1.807) is 17.8 Å². The molecular formula is C19H20N6O. The van der Waals surface area contributed by atoms with E-state index in [1.807, 2.05) is 43.1 Å². The number of aryl methyl sites for hydroxylation is 2. The third-order valence-electron chi connectivity index (χ3n) is 4.59. The van der Waals surface area contributed by atoms with Gasteiger partial charge in [0, 0.05) is 25.6 Å². The van der Waals surface area contributed by atoms with Crippen LogP contribution in [-0.4, -0.2) is 31.3 Å². The Hall–Kier alpha value is -3.35. The molecule has 0 fully saturated rings. The number of nitrogens with two attached hydrogens (primary N) is 1. The molecule has 3 aromatic heterocycles. The summed E-state index contributed by atoms with van der Waals surface area (Å²) in [6.07, 6.45) is 6.37. The van der Waals surface area contributed by atoms with Gasteiger partial charge in [-0.05, 0) is 42.2 Å². The number of methoxy groups -OCH3 is 1. The van der Waals surface area contributed by atoms with Gasteiger partial charge in [0.05, 0.1) is 7.11 Å². The van der Waals surface area contributed by atoms with Crippen LogP contribution in [0.4, 0.5) is 5.82 Å². The van der Waals surface area contributed by atoms with Gasteiger partial charge in [-0.15, -0.1) is 5.10 Å². The molecular weight excluding hydrogens is 328 g/mol. The molecule has 0 saturated heterocycles. The fraction of sp³-hybridized carbons (Fsp3) is 0.211. The highest BCUT2D eigenvalue weighted by Crippen LogP contribution is 2.25. The average molecular weight is 348 g/mol. The maximum atomic E-state index is 6.23. The minimum absolute atomic E-state index is 0.455. The Morgan fingerprint density at radius 1 is 1.19 bits per heavy atom. The van der Waals surface area contributed by atoms with Crippen molar-refractivity contribution in [3.8, 4) is 17.4 Å². The molecule has 3 heterocycles. The van der Waals surface area contributed by atoms with Crippen LogP contribution in [0.2, 0.25) is 0 Å². The Morgan fingerprint density at radius 2 is 1.96 bits per heavy atom. The molecule has 0 bridgehead atoms. The Balaban J connectivity index is 1.76. The number of ether oxygens (including phenoxy) is 1. The molecule has 26 heavy (non-hydrogen) atoms. The number of hydrogen-bond acceptors (Lipinski definition) is 5. The van der Waals surface area contributed by atoms with Crippen molar-refractivity contribution >= 4 is 11.3 Å². The van der Waals surface area contributed by atoms with Crippen LogP contribution >= 0.6 is 0 Å².